The predicted molar refractivity (Wildman–Crippen MR) is 102 cm³/mol. The van der Waals surface area contributed by atoms with E-state index in [1.54, 1.807) is 6.26 Å². The van der Waals surface area contributed by atoms with Crippen LogP contribution < -0.4 is 27.4 Å². The zero-order valence-corrected chi connectivity index (χ0v) is 16.6. The second-order valence-electron chi connectivity index (χ2n) is 5.95. The molecule has 0 radical (unpaired) electrons. The van der Waals surface area contributed by atoms with E-state index in [1.165, 1.54) is 11.8 Å². The van der Waals surface area contributed by atoms with Crippen molar-refractivity contribution in [2.24, 2.45) is 11.5 Å². The molecule has 29 heavy (non-hydrogen) atoms. The summed E-state index contributed by atoms with van der Waals surface area (Å²) < 4.78 is 0. The van der Waals surface area contributed by atoms with Gasteiger partial charge in [0.1, 0.15) is 24.2 Å². The third-order valence-electron chi connectivity index (χ3n) is 3.61. The monoisotopic (exact) mass is 437 g/mol. The van der Waals surface area contributed by atoms with Gasteiger partial charge in [-0.25, -0.2) is 4.79 Å². The molecular weight excluding hydrogens is 410 g/mol. The Balaban J connectivity index is 5.34. The Labute approximate surface area is 170 Å². The third kappa shape index (κ3) is 10.1. The minimum atomic E-state index is -1.65. The van der Waals surface area contributed by atoms with Gasteiger partial charge in [0.2, 0.25) is 23.6 Å². The van der Waals surface area contributed by atoms with Crippen LogP contribution in [0.15, 0.2) is 0 Å². The van der Waals surface area contributed by atoms with E-state index in [-0.39, 0.29) is 6.42 Å². The third-order valence-corrected chi connectivity index (χ3v) is 4.26. The van der Waals surface area contributed by atoms with Crippen molar-refractivity contribution in [2.75, 3.05) is 25.2 Å². The van der Waals surface area contributed by atoms with Crippen molar-refractivity contribution < 1.29 is 39.3 Å². The molecule has 4 unspecified atom stereocenters. The van der Waals surface area contributed by atoms with E-state index in [9.17, 15) is 24.0 Å². The first-order valence-electron chi connectivity index (χ1n) is 8.45. The maximum absolute atomic E-state index is 12.5. The molecule has 0 rings (SSSR count). The molecule has 0 aromatic carbocycles. The van der Waals surface area contributed by atoms with Crippen molar-refractivity contribution in [3.63, 3.8) is 0 Å². The molecule has 0 aliphatic heterocycles. The largest absolute Gasteiger partial charge is 0.480 e. The molecule has 0 saturated carbocycles. The molecule has 166 valence electrons. The van der Waals surface area contributed by atoms with Crippen molar-refractivity contribution >= 4 is 41.4 Å². The number of aliphatic hydroxyl groups excluding tert-OH is 2. The number of primary amides is 1. The van der Waals surface area contributed by atoms with Crippen LogP contribution in [0.5, 0.6) is 0 Å². The smallest absolute Gasteiger partial charge is 0.328 e. The van der Waals surface area contributed by atoms with Crippen LogP contribution in [0.1, 0.15) is 12.8 Å². The molecule has 0 aliphatic carbocycles. The number of hydrogen-bond acceptors (Lipinski definition) is 9. The Morgan fingerprint density at radius 1 is 0.897 bits per heavy atom. The van der Waals surface area contributed by atoms with Crippen LogP contribution in [0.3, 0.4) is 0 Å². The van der Waals surface area contributed by atoms with Gasteiger partial charge in [-0.3, -0.25) is 19.2 Å². The Bertz CT molecular complexity index is 605. The Morgan fingerprint density at radius 2 is 1.41 bits per heavy atom. The zero-order valence-electron chi connectivity index (χ0n) is 15.8. The van der Waals surface area contributed by atoms with Crippen LogP contribution in [-0.4, -0.2) is 94.3 Å². The van der Waals surface area contributed by atoms with Crippen LogP contribution in [0, 0.1) is 0 Å². The summed E-state index contributed by atoms with van der Waals surface area (Å²) >= 11 is 1.38. The summed E-state index contributed by atoms with van der Waals surface area (Å²) in [6, 6.07) is -5.58. The number of aliphatic hydroxyl groups is 2. The lowest BCUT2D eigenvalue weighted by molar-refractivity contribution is -0.143. The fourth-order valence-electron chi connectivity index (χ4n) is 2.01. The lowest BCUT2D eigenvalue weighted by atomic mass is 10.1. The molecule has 0 heterocycles. The summed E-state index contributed by atoms with van der Waals surface area (Å²) in [5.74, 6) is -4.71. The van der Waals surface area contributed by atoms with Gasteiger partial charge in [-0.2, -0.15) is 11.8 Å². The van der Waals surface area contributed by atoms with E-state index in [0.29, 0.717) is 5.75 Å². The summed E-state index contributed by atoms with van der Waals surface area (Å²) in [4.78, 5) is 58.9. The Kier molecular flexibility index (Phi) is 12.6. The minimum absolute atomic E-state index is 0.149. The molecule has 0 aromatic rings. The van der Waals surface area contributed by atoms with Crippen molar-refractivity contribution in [1.29, 1.82) is 0 Å². The number of aliphatic carboxylic acids is 1. The van der Waals surface area contributed by atoms with E-state index in [2.05, 4.69) is 10.6 Å². The molecule has 4 amide bonds. The van der Waals surface area contributed by atoms with E-state index in [0.717, 1.165) is 0 Å². The lowest BCUT2D eigenvalue weighted by Gasteiger charge is -2.24. The summed E-state index contributed by atoms with van der Waals surface area (Å²) in [6.07, 6.45) is 1.27. The molecule has 0 bridgehead atoms. The molecule has 0 saturated heterocycles. The van der Waals surface area contributed by atoms with Gasteiger partial charge < -0.3 is 42.7 Å². The maximum atomic E-state index is 12.5. The van der Waals surface area contributed by atoms with Gasteiger partial charge in [0.15, 0.2) is 0 Å². The van der Waals surface area contributed by atoms with Gasteiger partial charge in [-0.1, -0.05) is 0 Å². The molecule has 0 fully saturated rings. The van der Waals surface area contributed by atoms with Crippen molar-refractivity contribution in [3.05, 3.63) is 0 Å². The van der Waals surface area contributed by atoms with Crippen LogP contribution in [-0.2, 0) is 24.0 Å². The van der Waals surface area contributed by atoms with Gasteiger partial charge in [0.05, 0.1) is 19.6 Å². The quantitative estimate of drug-likeness (QED) is 0.130. The Morgan fingerprint density at radius 3 is 1.86 bits per heavy atom. The summed E-state index contributed by atoms with van der Waals surface area (Å²) in [7, 11) is 0. The first kappa shape index (κ1) is 26.6. The lowest BCUT2D eigenvalue weighted by Crippen LogP contribution is -2.58. The number of nitrogens with two attached hydrogens (primary N) is 2. The van der Waals surface area contributed by atoms with E-state index in [4.69, 9.17) is 26.8 Å². The van der Waals surface area contributed by atoms with Gasteiger partial charge in [-0.15, -0.1) is 0 Å². The fraction of sp³-hybridized carbons (Fsp3) is 0.667. The molecule has 13 nitrogen and oxygen atoms in total. The van der Waals surface area contributed by atoms with Gasteiger partial charge in [-0.05, 0) is 18.4 Å². The number of carbonyl (C=O) groups is 5. The number of hydrogen-bond donors (Lipinski definition) is 8. The van der Waals surface area contributed by atoms with E-state index in [1.807, 2.05) is 5.32 Å². The topological polar surface area (TPSA) is 234 Å². The molecule has 0 aliphatic rings. The highest BCUT2D eigenvalue weighted by Gasteiger charge is 2.30. The van der Waals surface area contributed by atoms with Crippen molar-refractivity contribution in [1.82, 2.24) is 16.0 Å². The molecular formula is C15H27N5O8S. The highest BCUT2D eigenvalue weighted by molar-refractivity contribution is 7.98. The number of amides is 4. The standard InChI is InChI=1S/C15H27N5O8S/c1-29-3-2-8(18-12(24)7(16)5-21)13(25)19-9(4-11(17)23)14(26)20-10(6-22)15(27)28/h7-10,21-22H,2-6,16H2,1H3,(H2,17,23)(H,18,24)(H,19,25)(H,20,26)(H,27,28). The first-order valence-corrected chi connectivity index (χ1v) is 9.85. The second kappa shape index (κ2) is 13.7. The number of carboxylic acids is 1. The van der Waals surface area contributed by atoms with Crippen LogP contribution in [0.25, 0.3) is 0 Å². The maximum Gasteiger partial charge on any atom is 0.328 e. The first-order chi connectivity index (χ1) is 13.6. The Hall–Kier alpha value is -2.42. The van der Waals surface area contributed by atoms with Crippen molar-refractivity contribution in [2.45, 2.75) is 37.0 Å². The highest BCUT2D eigenvalue weighted by atomic mass is 32.2. The number of nitrogens with one attached hydrogen (secondary N) is 3. The summed E-state index contributed by atoms with van der Waals surface area (Å²) in [6.45, 7) is -1.56. The van der Waals surface area contributed by atoms with E-state index < -0.39 is 73.4 Å². The average Bonchev–Trinajstić information content (AvgIpc) is 2.66. The number of rotatable bonds is 14. The molecule has 0 spiro atoms. The molecule has 4 atom stereocenters. The van der Waals surface area contributed by atoms with Crippen LogP contribution in [0.2, 0.25) is 0 Å². The summed E-state index contributed by atoms with van der Waals surface area (Å²) in [5.41, 5.74) is 10.5. The fourth-order valence-corrected chi connectivity index (χ4v) is 2.48. The molecule has 10 N–H and O–H groups in total. The minimum Gasteiger partial charge on any atom is -0.480 e. The number of thioether (sulfide) groups is 1. The van der Waals surface area contributed by atoms with Crippen LogP contribution >= 0.6 is 11.8 Å². The van der Waals surface area contributed by atoms with E-state index >= 15 is 0 Å². The molecule has 14 heteroatoms. The average molecular weight is 437 g/mol. The second-order valence-corrected chi connectivity index (χ2v) is 6.93. The zero-order chi connectivity index (χ0) is 22.6. The van der Waals surface area contributed by atoms with Crippen LogP contribution in [0.4, 0.5) is 0 Å². The van der Waals surface area contributed by atoms with Gasteiger partial charge in [0, 0.05) is 0 Å². The number of carboxylic acid groups (broad SMARTS) is 1. The predicted octanol–water partition coefficient (Wildman–Crippen LogP) is -4.53. The summed E-state index contributed by atoms with van der Waals surface area (Å²) in [5, 5.41) is 33.4. The SMILES string of the molecule is CSCCC(NC(=O)C(N)CO)C(=O)NC(CC(N)=O)C(=O)NC(CO)C(=O)O. The number of carbonyl (C=O) groups excluding carboxylic acids is 4. The van der Waals surface area contributed by atoms with Gasteiger partial charge >= 0.3 is 5.97 Å². The molecule has 0 aromatic heterocycles. The highest BCUT2D eigenvalue weighted by Crippen LogP contribution is 2.04. The normalized spacial score (nSPS) is 14.8. The van der Waals surface area contributed by atoms with Gasteiger partial charge in [0.25, 0.3) is 0 Å². The van der Waals surface area contributed by atoms with Crippen molar-refractivity contribution in [3.8, 4) is 0 Å².